The fourth-order valence-electron chi connectivity index (χ4n) is 5.30. The molecule has 5 aromatic rings. The predicted octanol–water partition coefficient (Wildman–Crippen LogP) is 8.03. The van der Waals surface area contributed by atoms with Gasteiger partial charge in [-0.05, 0) is 73.7 Å². The molecular formula is C37H41N3O4S. The summed E-state index contributed by atoms with van der Waals surface area (Å²) in [4.78, 5) is 18.4. The number of nitrogens with one attached hydrogen (secondary N) is 1. The molecule has 0 amide bonds. The van der Waals surface area contributed by atoms with Crippen LogP contribution in [0.2, 0.25) is 0 Å². The number of sulfone groups is 1. The van der Waals surface area contributed by atoms with Crippen LogP contribution in [-0.2, 0) is 33.3 Å². The number of hydrogen-bond acceptors (Lipinski definition) is 6. The zero-order valence-corrected chi connectivity index (χ0v) is 27.2. The van der Waals surface area contributed by atoms with Crippen LogP contribution < -0.4 is 5.32 Å². The van der Waals surface area contributed by atoms with Crippen LogP contribution in [0.3, 0.4) is 0 Å². The molecular weight excluding hydrogens is 582 g/mol. The van der Waals surface area contributed by atoms with Gasteiger partial charge in [-0.15, -0.1) is 0 Å². The van der Waals surface area contributed by atoms with Gasteiger partial charge in [-0.1, -0.05) is 86.1 Å². The summed E-state index contributed by atoms with van der Waals surface area (Å²) in [6, 6.07) is 30.8. The topological polar surface area (TPSA) is 90.3 Å². The summed E-state index contributed by atoms with van der Waals surface area (Å²) < 4.78 is 33.7. The van der Waals surface area contributed by atoms with E-state index in [9.17, 15) is 13.2 Å². The smallest absolute Gasteiger partial charge is 0.339 e. The Morgan fingerprint density at radius 3 is 2.29 bits per heavy atom. The van der Waals surface area contributed by atoms with Crippen LogP contribution in [0, 0.1) is 0 Å². The fourth-order valence-corrected chi connectivity index (χ4v) is 6.49. The van der Waals surface area contributed by atoms with Gasteiger partial charge in [-0.3, -0.25) is 0 Å². The Balaban J connectivity index is 1.47. The minimum absolute atomic E-state index is 0.0266. The van der Waals surface area contributed by atoms with Crippen molar-refractivity contribution >= 4 is 32.5 Å². The normalized spacial score (nSPS) is 11.9. The second-order valence-corrected chi connectivity index (χ2v) is 14.4. The molecule has 4 aromatic carbocycles. The summed E-state index contributed by atoms with van der Waals surface area (Å²) in [5, 5.41) is 3.12. The Morgan fingerprint density at radius 1 is 0.889 bits per heavy atom. The first kappa shape index (κ1) is 32.0. The molecule has 0 aliphatic heterocycles. The first-order chi connectivity index (χ1) is 21.5. The molecule has 8 heteroatoms. The summed E-state index contributed by atoms with van der Waals surface area (Å²) in [6.07, 6.45) is 2.83. The molecule has 0 saturated heterocycles. The number of anilines is 1. The molecule has 0 radical (unpaired) electrons. The second kappa shape index (κ2) is 13.7. The molecule has 0 unspecified atom stereocenters. The number of unbranched alkanes of at least 4 members (excludes halogenated alkanes) is 1. The van der Waals surface area contributed by atoms with Gasteiger partial charge in [-0.2, -0.15) is 0 Å². The molecule has 1 aromatic heterocycles. The lowest BCUT2D eigenvalue weighted by atomic mass is 9.97. The van der Waals surface area contributed by atoms with Gasteiger partial charge in [0, 0.05) is 18.7 Å². The Kier molecular flexibility index (Phi) is 9.73. The Morgan fingerprint density at radius 2 is 1.60 bits per heavy atom. The third kappa shape index (κ3) is 8.39. The summed E-state index contributed by atoms with van der Waals surface area (Å²) in [7, 11) is -3.38. The van der Waals surface area contributed by atoms with E-state index < -0.39 is 15.4 Å². The number of fused-ring (bicyclic) bond motifs is 1. The first-order valence-electron chi connectivity index (χ1n) is 15.4. The lowest BCUT2D eigenvalue weighted by Crippen LogP contribution is -2.24. The predicted molar refractivity (Wildman–Crippen MR) is 182 cm³/mol. The van der Waals surface area contributed by atoms with Crippen molar-refractivity contribution in [2.75, 3.05) is 11.2 Å². The number of carbonyl (C=O) groups excluding carboxylic acids is 1. The molecule has 0 bridgehead atoms. The van der Waals surface area contributed by atoms with E-state index in [0.29, 0.717) is 17.8 Å². The molecule has 0 spiro atoms. The van der Waals surface area contributed by atoms with Crippen molar-refractivity contribution in [3.63, 3.8) is 0 Å². The average molecular weight is 624 g/mol. The largest absolute Gasteiger partial charge is 0.456 e. The van der Waals surface area contributed by atoms with Gasteiger partial charge in [0.1, 0.15) is 17.3 Å². The van der Waals surface area contributed by atoms with E-state index in [1.165, 1.54) is 0 Å². The lowest BCUT2D eigenvalue weighted by Gasteiger charge is -2.21. The number of aromatic nitrogens is 2. The van der Waals surface area contributed by atoms with Gasteiger partial charge < -0.3 is 14.6 Å². The number of nitrogens with zero attached hydrogens (tertiary/aromatic N) is 2. The molecule has 0 aliphatic carbocycles. The van der Waals surface area contributed by atoms with Gasteiger partial charge in [0.25, 0.3) is 0 Å². The third-order valence-corrected chi connectivity index (χ3v) is 8.79. The van der Waals surface area contributed by atoms with E-state index in [1.54, 1.807) is 0 Å². The number of carbonyl (C=O) groups is 1. The van der Waals surface area contributed by atoms with Crippen LogP contribution in [0.5, 0.6) is 0 Å². The van der Waals surface area contributed by atoms with Crippen molar-refractivity contribution in [3.05, 3.63) is 120 Å². The molecule has 1 heterocycles. The average Bonchev–Trinajstić information content (AvgIpc) is 3.35. The number of ether oxygens (including phenoxy) is 1. The molecule has 45 heavy (non-hydrogen) atoms. The van der Waals surface area contributed by atoms with Gasteiger partial charge in [0.15, 0.2) is 9.84 Å². The quantitative estimate of drug-likeness (QED) is 0.142. The van der Waals surface area contributed by atoms with Crippen LogP contribution in [0.15, 0.2) is 97.1 Å². The fraction of sp³-hybridized carbons (Fsp3) is 0.297. The monoisotopic (exact) mass is 623 g/mol. The molecule has 0 saturated carbocycles. The zero-order chi connectivity index (χ0) is 32.0. The minimum Gasteiger partial charge on any atom is -0.456 e. The van der Waals surface area contributed by atoms with Crippen molar-refractivity contribution < 1.29 is 17.9 Å². The highest BCUT2D eigenvalue weighted by atomic mass is 32.2. The number of aryl methyl sites for hydroxylation is 1. The number of benzene rings is 4. The first-order valence-corrected chi connectivity index (χ1v) is 17.2. The summed E-state index contributed by atoms with van der Waals surface area (Å²) in [5.41, 5.74) is 5.79. The van der Waals surface area contributed by atoms with E-state index in [4.69, 9.17) is 9.72 Å². The highest BCUT2D eigenvalue weighted by Gasteiger charge is 2.22. The summed E-state index contributed by atoms with van der Waals surface area (Å²) >= 11 is 0. The van der Waals surface area contributed by atoms with Crippen LogP contribution in [0.1, 0.15) is 67.8 Å². The molecule has 1 N–H and O–H groups in total. The minimum atomic E-state index is -3.38. The Bertz CT molecular complexity index is 1880. The molecule has 0 aliphatic rings. The molecule has 7 nitrogen and oxygen atoms in total. The SMILES string of the molecule is CCCCc1nc2ccc(NCS(=O)(=O)Cc3ccccc3)cc2n1Cc1ccc(-c2ccccc2)c(C(=O)OC(C)(C)C)c1. The second-order valence-electron chi connectivity index (χ2n) is 12.4. The number of esters is 1. The number of rotatable bonds is 12. The number of hydrogen-bond donors (Lipinski definition) is 1. The molecule has 5 rings (SSSR count). The Hall–Kier alpha value is -4.43. The van der Waals surface area contributed by atoms with Crippen LogP contribution in [0.25, 0.3) is 22.2 Å². The van der Waals surface area contributed by atoms with Gasteiger partial charge in [0.2, 0.25) is 0 Å². The molecule has 234 valence electrons. The summed E-state index contributed by atoms with van der Waals surface area (Å²) in [5.74, 6) is 0.380. The van der Waals surface area contributed by atoms with Crippen molar-refractivity contribution in [3.8, 4) is 11.1 Å². The third-order valence-electron chi connectivity index (χ3n) is 7.44. The lowest BCUT2D eigenvalue weighted by molar-refractivity contribution is 0.00702. The highest BCUT2D eigenvalue weighted by Crippen LogP contribution is 2.29. The van der Waals surface area contributed by atoms with Gasteiger partial charge in [-0.25, -0.2) is 18.2 Å². The van der Waals surface area contributed by atoms with Crippen molar-refractivity contribution in [2.24, 2.45) is 0 Å². The van der Waals surface area contributed by atoms with E-state index in [0.717, 1.165) is 58.4 Å². The summed E-state index contributed by atoms with van der Waals surface area (Å²) in [6.45, 7) is 8.25. The van der Waals surface area contributed by atoms with Crippen LogP contribution in [-0.4, -0.2) is 35.4 Å². The maximum absolute atomic E-state index is 13.4. The zero-order valence-electron chi connectivity index (χ0n) is 26.4. The van der Waals surface area contributed by atoms with Crippen molar-refractivity contribution in [2.45, 2.75) is 64.9 Å². The Labute approximate surface area is 266 Å². The van der Waals surface area contributed by atoms with Gasteiger partial charge in [0.05, 0.1) is 22.3 Å². The maximum atomic E-state index is 13.4. The van der Waals surface area contributed by atoms with Crippen molar-refractivity contribution in [1.29, 1.82) is 0 Å². The highest BCUT2D eigenvalue weighted by molar-refractivity contribution is 7.90. The van der Waals surface area contributed by atoms with E-state index in [-0.39, 0.29) is 17.6 Å². The van der Waals surface area contributed by atoms with E-state index in [2.05, 4.69) is 16.8 Å². The van der Waals surface area contributed by atoms with Crippen LogP contribution >= 0.6 is 0 Å². The molecule has 0 atom stereocenters. The van der Waals surface area contributed by atoms with Gasteiger partial charge >= 0.3 is 5.97 Å². The van der Waals surface area contributed by atoms with E-state index in [1.807, 2.05) is 118 Å². The number of imidazole rings is 1. The molecule has 0 fully saturated rings. The standard InChI is InChI=1S/C37H41N3O4S/c1-5-6-17-35-39-33-21-19-30(38-26-45(42,43)25-27-13-9-7-10-14-27)23-34(33)40(35)24-28-18-20-31(29-15-11-8-12-16-29)32(22-28)36(41)44-37(2,3)4/h7-16,18-23,38H,5-6,17,24-26H2,1-4H3. The van der Waals surface area contributed by atoms with Crippen molar-refractivity contribution in [1.82, 2.24) is 9.55 Å². The maximum Gasteiger partial charge on any atom is 0.339 e. The van der Waals surface area contributed by atoms with E-state index >= 15 is 0 Å². The van der Waals surface area contributed by atoms with Crippen LogP contribution in [0.4, 0.5) is 5.69 Å².